The van der Waals surface area contributed by atoms with Crippen molar-refractivity contribution in [1.82, 2.24) is 4.90 Å². The quantitative estimate of drug-likeness (QED) is 0.893. The Bertz CT molecular complexity index is 483. The standard InChI is InChI=1S/C16H19NO2/c18-9-8-13-10-14-6-7-15(19)16(13)17(14)11-12-4-2-1-3-5-12/h1-7,13-14,16,18H,8-11H2/t13-,14+,16+/m1/s1. The lowest BCUT2D eigenvalue weighted by Gasteiger charge is -2.31. The van der Waals surface area contributed by atoms with E-state index < -0.39 is 0 Å². The number of fused-ring (bicyclic) bond motifs is 2. The van der Waals surface area contributed by atoms with Crippen LogP contribution in [0.4, 0.5) is 0 Å². The molecule has 2 bridgehead atoms. The lowest BCUT2D eigenvalue weighted by molar-refractivity contribution is -0.121. The van der Waals surface area contributed by atoms with Crippen molar-refractivity contribution in [3.63, 3.8) is 0 Å². The molecule has 2 aliphatic heterocycles. The van der Waals surface area contributed by atoms with Gasteiger partial charge in [-0.1, -0.05) is 36.4 Å². The fraction of sp³-hybridized carbons (Fsp3) is 0.438. The Hall–Kier alpha value is -1.45. The molecule has 0 unspecified atom stereocenters. The van der Waals surface area contributed by atoms with E-state index in [1.807, 2.05) is 24.3 Å². The van der Waals surface area contributed by atoms with Gasteiger partial charge in [0.25, 0.3) is 0 Å². The molecule has 1 N–H and O–H groups in total. The number of hydrogen-bond acceptors (Lipinski definition) is 3. The third-order valence-corrected chi connectivity index (χ3v) is 4.26. The van der Waals surface area contributed by atoms with Gasteiger partial charge in [-0.05, 0) is 30.4 Å². The summed E-state index contributed by atoms with van der Waals surface area (Å²) < 4.78 is 0. The maximum atomic E-state index is 12.1. The second-order valence-electron chi connectivity index (χ2n) is 5.44. The monoisotopic (exact) mass is 257 g/mol. The zero-order valence-electron chi connectivity index (χ0n) is 10.9. The van der Waals surface area contributed by atoms with Crippen molar-refractivity contribution in [1.29, 1.82) is 0 Å². The molecule has 2 heterocycles. The summed E-state index contributed by atoms with van der Waals surface area (Å²) in [7, 11) is 0. The van der Waals surface area contributed by atoms with E-state index in [1.54, 1.807) is 6.08 Å². The fourth-order valence-electron chi connectivity index (χ4n) is 3.39. The van der Waals surface area contributed by atoms with Crippen molar-refractivity contribution in [2.24, 2.45) is 5.92 Å². The molecule has 0 aliphatic carbocycles. The van der Waals surface area contributed by atoms with E-state index in [1.165, 1.54) is 5.56 Å². The van der Waals surface area contributed by atoms with Crippen LogP contribution in [0.25, 0.3) is 0 Å². The van der Waals surface area contributed by atoms with Crippen molar-refractivity contribution in [2.45, 2.75) is 31.5 Å². The van der Waals surface area contributed by atoms with Gasteiger partial charge < -0.3 is 5.11 Å². The van der Waals surface area contributed by atoms with Gasteiger partial charge in [-0.3, -0.25) is 9.69 Å². The van der Waals surface area contributed by atoms with Gasteiger partial charge in [0.05, 0.1) is 6.04 Å². The smallest absolute Gasteiger partial charge is 0.172 e. The van der Waals surface area contributed by atoms with Crippen LogP contribution < -0.4 is 0 Å². The van der Waals surface area contributed by atoms with Crippen molar-refractivity contribution >= 4 is 5.78 Å². The molecule has 3 heteroatoms. The Labute approximate surface area is 113 Å². The molecule has 1 fully saturated rings. The third-order valence-electron chi connectivity index (χ3n) is 4.26. The van der Waals surface area contributed by atoms with E-state index in [4.69, 9.17) is 5.11 Å². The highest BCUT2D eigenvalue weighted by atomic mass is 16.3. The fourth-order valence-corrected chi connectivity index (χ4v) is 3.39. The molecule has 0 spiro atoms. The highest BCUT2D eigenvalue weighted by molar-refractivity contribution is 5.96. The predicted molar refractivity (Wildman–Crippen MR) is 73.5 cm³/mol. The normalized spacial score (nSPS) is 29.9. The van der Waals surface area contributed by atoms with Gasteiger partial charge in [0, 0.05) is 19.2 Å². The number of rotatable bonds is 4. The Morgan fingerprint density at radius 1 is 1.26 bits per heavy atom. The van der Waals surface area contributed by atoms with Crippen LogP contribution in [-0.4, -0.2) is 34.5 Å². The maximum Gasteiger partial charge on any atom is 0.172 e. The minimum Gasteiger partial charge on any atom is -0.396 e. The summed E-state index contributed by atoms with van der Waals surface area (Å²) in [6.07, 6.45) is 5.47. The third kappa shape index (κ3) is 2.36. The SMILES string of the molecule is O=C1C=C[C@H]2C[C@@H](CCO)[C@@H]1N2Cc1ccccc1. The van der Waals surface area contributed by atoms with Crippen LogP contribution in [0.2, 0.25) is 0 Å². The molecule has 2 aliphatic rings. The summed E-state index contributed by atoms with van der Waals surface area (Å²) in [6.45, 7) is 0.981. The minimum absolute atomic E-state index is 0.0395. The first-order valence-corrected chi connectivity index (χ1v) is 6.92. The molecule has 0 amide bonds. The topological polar surface area (TPSA) is 40.5 Å². The van der Waals surface area contributed by atoms with E-state index in [0.29, 0.717) is 12.0 Å². The van der Waals surface area contributed by atoms with Crippen LogP contribution in [0.5, 0.6) is 0 Å². The lowest BCUT2D eigenvalue weighted by atomic mass is 9.94. The highest BCUT2D eigenvalue weighted by Gasteiger charge is 2.44. The molecule has 100 valence electrons. The van der Waals surface area contributed by atoms with Gasteiger partial charge in [0.1, 0.15) is 0 Å². The number of hydrogen-bond donors (Lipinski definition) is 1. The number of aliphatic hydroxyl groups excluding tert-OH is 1. The van der Waals surface area contributed by atoms with Crippen LogP contribution in [0.1, 0.15) is 18.4 Å². The van der Waals surface area contributed by atoms with Crippen LogP contribution in [-0.2, 0) is 11.3 Å². The summed E-state index contributed by atoms with van der Waals surface area (Å²) in [6, 6.07) is 10.6. The van der Waals surface area contributed by atoms with Gasteiger partial charge in [0.15, 0.2) is 5.78 Å². The average molecular weight is 257 g/mol. The molecule has 1 aromatic carbocycles. The van der Waals surface area contributed by atoms with Crippen molar-refractivity contribution in [3.8, 4) is 0 Å². The molecule has 1 aromatic rings. The second kappa shape index (κ2) is 5.27. The Morgan fingerprint density at radius 2 is 2.05 bits per heavy atom. The summed E-state index contributed by atoms with van der Waals surface area (Å²) in [4.78, 5) is 14.4. The van der Waals surface area contributed by atoms with Crippen LogP contribution in [0.15, 0.2) is 42.5 Å². The maximum absolute atomic E-state index is 12.1. The van der Waals surface area contributed by atoms with E-state index >= 15 is 0 Å². The van der Waals surface area contributed by atoms with Gasteiger partial charge in [-0.2, -0.15) is 0 Å². The first-order valence-electron chi connectivity index (χ1n) is 6.92. The van der Waals surface area contributed by atoms with Gasteiger partial charge >= 0.3 is 0 Å². The van der Waals surface area contributed by atoms with Gasteiger partial charge in [-0.25, -0.2) is 0 Å². The zero-order chi connectivity index (χ0) is 13.2. The summed E-state index contributed by atoms with van der Waals surface area (Å²) >= 11 is 0. The van der Waals surface area contributed by atoms with Crippen molar-refractivity contribution in [3.05, 3.63) is 48.0 Å². The number of aliphatic hydroxyl groups is 1. The highest BCUT2D eigenvalue weighted by Crippen LogP contribution is 2.37. The second-order valence-corrected chi connectivity index (χ2v) is 5.44. The number of carbonyl (C=O) groups is 1. The molecule has 0 aromatic heterocycles. The first kappa shape index (κ1) is 12.6. The molecular weight excluding hydrogens is 238 g/mol. The van der Waals surface area contributed by atoms with E-state index in [0.717, 1.165) is 19.4 Å². The summed E-state index contributed by atoms with van der Waals surface area (Å²) in [5.41, 5.74) is 1.24. The largest absolute Gasteiger partial charge is 0.396 e. The Balaban J connectivity index is 1.81. The molecule has 3 rings (SSSR count). The lowest BCUT2D eigenvalue weighted by Crippen LogP contribution is -2.44. The molecule has 19 heavy (non-hydrogen) atoms. The van der Waals surface area contributed by atoms with Crippen LogP contribution >= 0.6 is 0 Å². The van der Waals surface area contributed by atoms with E-state index in [2.05, 4.69) is 17.0 Å². The average Bonchev–Trinajstić information content (AvgIpc) is 2.66. The molecule has 3 atom stereocenters. The van der Waals surface area contributed by atoms with Gasteiger partial charge in [-0.15, -0.1) is 0 Å². The summed E-state index contributed by atoms with van der Waals surface area (Å²) in [5, 5.41) is 9.16. The van der Waals surface area contributed by atoms with Gasteiger partial charge in [0.2, 0.25) is 0 Å². The number of benzene rings is 1. The van der Waals surface area contributed by atoms with E-state index in [9.17, 15) is 4.79 Å². The van der Waals surface area contributed by atoms with Crippen molar-refractivity contribution in [2.75, 3.05) is 6.61 Å². The zero-order valence-corrected chi connectivity index (χ0v) is 10.9. The number of carbonyl (C=O) groups excluding carboxylic acids is 1. The first-order chi connectivity index (χ1) is 9.29. The van der Waals surface area contributed by atoms with Crippen LogP contribution in [0, 0.1) is 5.92 Å². The van der Waals surface area contributed by atoms with Crippen LogP contribution in [0.3, 0.4) is 0 Å². The summed E-state index contributed by atoms with van der Waals surface area (Å²) in [5.74, 6) is 0.490. The molecule has 3 nitrogen and oxygen atoms in total. The molecule has 0 radical (unpaired) electrons. The molecule has 0 saturated carbocycles. The Kier molecular flexibility index (Phi) is 3.49. The number of ketones is 1. The number of nitrogens with zero attached hydrogens (tertiary/aromatic N) is 1. The van der Waals surface area contributed by atoms with E-state index in [-0.39, 0.29) is 18.4 Å². The molecule has 1 saturated heterocycles. The van der Waals surface area contributed by atoms with Crippen molar-refractivity contribution < 1.29 is 9.90 Å². The minimum atomic E-state index is -0.0395. The predicted octanol–water partition coefficient (Wildman–Crippen LogP) is 1.77. The molecular formula is C16H19NO2. The Morgan fingerprint density at radius 3 is 2.79 bits per heavy atom.